The number of hydrogen-bond donors (Lipinski definition) is 1. The summed E-state index contributed by atoms with van der Waals surface area (Å²) in [6.45, 7) is 7.56. The fraction of sp³-hybridized carbons (Fsp3) is 0.611. The maximum atomic E-state index is 12.9. The molecule has 0 radical (unpaired) electrons. The summed E-state index contributed by atoms with van der Waals surface area (Å²) in [5, 5.41) is 3.44. The van der Waals surface area contributed by atoms with Crippen LogP contribution < -0.4 is 10.2 Å². The van der Waals surface area contributed by atoms with Gasteiger partial charge in [-0.15, -0.1) is 0 Å². The summed E-state index contributed by atoms with van der Waals surface area (Å²) in [6, 6.07) is 9.16. The molecule has 4 heteroatoms. The van der Waals surface area contributed by atoms with Gasteiger partial charge in [-0.25, -0.2) is 0 Å². The Morgan fingerprint density at radius 1 is 1.23 bits per heavy atom. The smallest absolute Gasteiger partial charge is 0.242 e. The van der Waals surface area contributed by atoms with Gasteiger partial charge in [-0.1, -0.05) is 18.2 Å². The number of carbonyl (C=O) groups excluding carboxylic acids is 1. The number of carbonyl (C=O) groups is 1. The predicted octanol–water partition coefficient (Wildman–Crippen LogP) is 2.39. The lowest BCUT2D eigenvalue weighted by Gasteiger charge is -2.40. The van der Waals surface area contributed by atoms with Gasteiger partial charge < -0.3 is 15.1 Å². The van der Waals surface area contributed by atoms with Gasteiger partial charge in [0.2, 0.25) is 5.91 Å². The molecule has 3 rings (SSSR count). The molecule has 1 fully saturated rings. The third-order valence-electron chi connectivity index (χ3n) is 5.01. The van der Waals surface area contributed by atoms with E-state index in [0.717, 1.165) is 32.5 Å². The molecule has 1 aromatic carbocycles. The van der Waals surface area contributed by atoms with Gasteiger partial charge >= 0.3 is 0 Å². The minimum Gasteiger partial charge on any atom is -0.361 e. The molecule has 2 atom stereocenters. The van der Waals surface area contributed by atoms with Crippen molar-refractivity contribution >= 4 is 11.6 Å². The Morgan fingerprint density at radius 3 is 2.73 bits per heavy atom. The number of anilines is 1. The molecule has 4 nitrogen and oxygen atoms in total. The van der Waals surface area contributed by atoms with Crippen molar-refractivity contribution in [2.45, 2.75) is 51.7 Å². The summed E-state index contributed by atoms with van der Waals surface area (Å²) < 4.78 is 0. The van der Waals surface area contributed by atoms with Gasteiger partial charge in [0.1, 0.15) is 0 Å². The van der Waals surface area contributed by atoms with Crippen molar-refractivity contribution in [1.29, 1.82) is 0 Å². The van der Waals surface area contributed by atoms with Crippen LogP contribution in [-0.2, 0) is 11.3 Å². The monoisotopic (exact) mass is 301 g/mol. The zero-order valence-electron chi connectivity index (χ0n) is 13.7. The van der Waals surface area contributed by atoms with Crippen molar-refractivity contribution in [2.75, 3.05) is 24.5 Å². The molecular formula is C18H27N3O. The fourth-order valence-corrected chi connectivity index (χ4v) is 3.85. The Labute approximate surface area is 133 Å². The first-order valence-corrected chi connectivity index (χ1v) is 8.51. The van der Waals surface area contributed by atoms with E-state index in [4.69, 9.17) is 0 Å². The SMILES string of the molecule is CC1CCCC(C)N1C(=O)CN1CCNCc2ccccc21. The largest absolute Gasteiger partial charge is 0.361 e. The molecule has 1 aromatic rings. The highest BCUT2D eigenvalue weighted by atomic mass is 16.2. The Morgan fingerprint density at radius 2 is 1.95 bits per heavy atom. The lowest BCUT2D eigenvalue weighted by Crippen LogP contribution is -2.51. The van der Waals surface area contributed by atoms with Gasteiger partial charge in [-0.2, -0.15) is 0 Å². The fourth-order valence-electron chi connectivity index (χ4n) is 3.85. The number of hydrogen-bond acceptors (Lipinski definition) is 3. The second kappa shape index (κ2) is 6.69. The summed E-state index contributed by atoms with van der Waals surface area (Å²) in [7, 11) is 0. The molecule has 0 saturated carbocycles. The van der Waals surface area contributed by atoms with Crippen LogP contribution >= 0.6 is 0 Å². The number of fused-ring (bicyclic) bond motifs is 1. The van der Waals surface area contributed by atoms with Crippen LogP contribution in [0.3, 0.4) is 0 Å². The number of likely N-dealkylation sites (tertiary alicyclic amines) is 1. The van der Waals surface area contributed by atoms with Crippen molar-refractivity contribution in [2.24, 2.45) is 0 Å². The molecule has 1 N–H and O–H groups in total. The molecule has 22 heavy (non-hydrogen) atoms. The molecule has 2 aliphatic rings. The molecule has 0 spiro atoms. The summed E-state index contributed by atoms with van der Waals surface area (Å²) in [5.41, 5.74) is 2.49. The average Bonchev–Trinajstić information content (AvgIpc) is 2.70. The predicted molar refractivity (Wildman–Crippen MR) is 90.0 cm³/mol. The van der Waals surface area contributed by atoms with Crippen LogP contribution in [0.1, 0.15) is 38.7 Å². The quantitative estimate of drug-likeness (QED) is 0.911. The first-order valence-electron chi connectivity index (χ1n) is 8.51. The Kier molecular flexibility index (Phi) is 4.67. The molecule has 0 aliphatic carbocycles. The van der Waals surface area contributed by atoms with Gasteiger partial charge in [0.25, 0.3) is 0 Å². The highest BCUT2D eigenvalue weighted by Crippen LogP contribution is 2.25. The highest BCUT2D eigenvalue weighted by Gasteiger charge is 2.30. The van der Waals surface area contributed by atoms with Crippen molar-refractivity contribution in [1.82, 2.24) is 10.2 Å². The van der Waals surface area contributed by atoms with Crippen LogP contribution in [0, 0.1) is 0 Å². The minimum absolute atomic E-state index is 0.274. The summed E-state index contributed by atoms with van der Waals surface area (Å²) >= 11 is 0. The van der Waals surface area contributed by atoms with E-state index in [1.807, 2.05) is 0 Å². The molecule has 2 heterocycles. The average molecular weight is 301 g/mol. The highest BCUT2D eigenvalue weighted by molar-refractivity contribution is 5.82. The van der Waals surface area contributed by atoms with Gasteiger partial charge in [0.15, 0.2) is 0 Å². The Balaban J connectivity index is 1.76. The van der Waals surface area contributed by atoms with E-state index in [-0.39, 0.29) is 5.91 Å². The van der Waals surface area contributed by atoms with E-state index in [1.54, 1.807) is 0 Å². The van der Waals surface area contributed by atoms with E-state index >= 15 is 0 Å². The normalized spacial score (nSPS) is 25.5. The first kappa shape index (κ1) is 15.3. The maximum absolute atomic E-state index is 12.9. The van der Waals surface area contributed by atoms with Gasteiger partial charge in [0.05, 0.1) is 6.54 Å². The molecule has 1 amide bonds. The number of piperidine rings is 1. The zero-order chi connectivity index (χ0) is 15.5. The summed E-state index contributed by atoms with van der Waals surface area (Å²) in [6.07, 6.45) is 3.50. The number of nitrogens with zero attached hydrogens (tertiary/aromatic N) is 2. The third kappa shape index (κ3) is 3.12. The molecule has 1 saturated heterocycles. The van der Waals surface area contributed by atoms with Gasteiger partial charge in [-0.05, 0) is 44.7 Å². The second-order valence-electron chi connectivity index (χ2n) is 6.66. The van der Waals surface area contributed by atoms with Crippen LogP contribution in [0.5, 0.6) is 0 Å². The van der Waals surface area contributed by atoms with Crippen molar-refractivity contribution in [3.05, 3.63) is 29.8 Å². The van der Waals surface area contributed by atoms with E-state index in [9.17, 15) is 4.79 Å². The van der Waals surface area contributed by atoms with E-state index < -0.39 is 0 Å². The van der Waals surface area contributed by atoms with Gasteiger partial charge in [-0.3, -0.25) is 4.79 Å². The number of amides is 1. The van der Waals surface area contributed by atoms with Crippen molar-refractivity contribution < 1.29 is 4.79 Å². The van der Waals surface area contributed by atoms with Crippen molar-refractivity contribution in [3.63, 3.8) is 0 Å². The van der Waals surface area contributed by atoms with Crippen molar-refractivity contribution in [3.8, 4) is 0 Å². The molecule has 2 unspecified atom stereocenters. The lowest BCUT2D eigenvalue weighted by atomic mass is 9.97. The standard InChI is InChI=1S/C18H27N3O/c1-14-6-5-7-15(2)21(14)18(22)13-20-11-10-19-12-16-8-3-4-9-17(16)20/h3-4,8-9,14-15,19H,5-7,10-13H2,1-2H3. The zero-order valence-corrected chi connectivity index (χ0v) is 13.7. The van der Waals surface area contributed by atoms with Crippen LogP contribution in [0.15, 0.2) is 24.3 Å². The van der Waals surface area contributed by atoms with Crippen LogP contribution in [0.4, 0.5) is 5.69 Å². The maximum Gasteiger partial charge on any atom is 0.242 e. The van der Waals surface area contributed by atoms with E-state index in [0.29, 0.717) is 18.6 Å². The van der Waals surface area contributed by atoms with E-state index in [2.05, 4.69) is 53.2 Å². The lowest BCUT2D eigenvalue weighted by molar-refractivity contribution is -0.135. The Hall–Kier alpha value is -1.55. The molecular weight excluding hydrogens is 274 g/mol. The number of nitrogens with one attached hydrogen (secondary N) is 1. The van der Waals surface area contributed by atoms with E-state index in [1.165, 1.54) is 17.7 Å². The minimum atomic E-state index is 0.274. The van der Waals surface area contributed by atoms with Crippen LogP contribution in [0.25, 0.3) is 0 Å². The molecule has 0 aromatic heterocycles. The molecule has 0 bridgehead atoms. The third-order valence-corrected chi connectivity index (χ3v) is 5.01. The summed E-state index contributed by atoms with van der Waals surface area (Å²) in [5.74, 6) is 0.274. The number of para-hydroxylation sites is 1. The molecule has 120 valence electrons. The van der Waals surface area contributed by atoms with Gasteiger partial charge in [0, 0.05) is 37.4 Å². The Bertz CT molecular complexity index is 521. The number of benzene rings is 1. The second-order valence-corrected chi connectivity index (χ2v) is 6.66. The topological polar surface area (TPSA) is 35.6 Å². The molecule has 2 aliphatic heterocycles. The van der Waals surface area contributed by atoms with Crippen LogP contribution in [0.2, 0.25) is 0 Å². The first-order chi connectivity index (χ1) is 10.7. The van der Waals surface area contributed by atoms with Crippen LogP contribution in [-0.4, -0.2) is 42.5 Å². The summed E-state index contributed by atoms with van der Waals surface area (Å²) in [4.78, 5) is 17.2. The number of rotatable bonds is 2.